The Labute approximate surface area is 182 Å². The summed E-state index contributed by atoms with van der Waals surface area (Å²) in [5.74, 6) is 0.835. The molecule has 0 atom stereocenters. The van der Waals surface area contributed by atoms with Gasteiger partial charge in [0.1, 0.15) is 35.7 Å². The minimum Gasteiger partial charge on any atom is -0.496 e. The second kappa shape index (κ2) is 11.3. The molecule has 2 aromatic carbocycles. The van der Waals surface area contributed by atoms with Gasteiger partial charge in [-0.1, -0.05) is 36.4 Å². The molecule has 2 rings (SSSR count). The summed E-state index contributed by atoms with van der Waals surface area (Å²) in [7, 11) is -4.05. The van der Waals surface area contributed by atoms with Gasteiger partial charge in [0, 0.05) is 0 Å². The van der Waals surface area contributed by atoms with Gasteiger partial charge in [-0.25, -0.2) is 4.79 Å². The number of carbonyl (C=O) groups is 1. The summed E-state index contributed by atoms with van der Waals surface area (Å²) in [6.45, 7) is 7.26. The number of rotatable bonds is 10. The van der Waals surface area contributed by atoms with Crippen molar-refractivity contribution in [2.75, 3.05) is 13.2 Å². The number of ether oxygens (including phenoxy) is 2. The van der Waals surface area contributed by atoms with E-state index in [9.17, 15) is 9.36 Å². The first kappa shape index (κ1) is 24.2. The molecule has 0 heterocycles. The van der Waals surface area contributed by atoms with Gasteiger partial charge in [-0.15, -0.1) is 0 Å². The average Bonchev–Trinajstić information content (AvgIpc) is 2.67. The Balaban J connectivity index is 1.93. The molecule has 0 aliphatic rings. The van der Waals surface area contributed by atoms with Gasteiger partial charge in [-0.3, -0.25) is 0 Å². The number of phosphoric acid groups is 1. The van der Waals surface area contributed by atoms with Gasteiger partial charge in [-0.2, -0.15) is 4.57 Å². The maximum Gasteiger partial charge on any atom is 0.646 e. The highest BCUT2D eigenvalue weighted by Gasteiger charge is 2.33. The predicted octanol–water partition coefficient (Wildman–Crippen LogP) is 5.67. The third kappa shape index (κ3) is 9.96. The van der Waals surface area contributed by atoms with Gasteiger partial charge in [0.25, 0.3) is 0 Å². The largest absolute Gasteiger partial charge is 0.646 e. The van der Waals surface area contributed by atoms with Crippen LogP contribution in [0.1, 0.15) is 27.7 Å². The summed E-state index contributed by atoms with van der Waals surface area (Å²) in [6.07, 6.45) is 0.733. The predicted molar refractivity (Wildman–Crippen MR) is 117 cm³/mol. The van der Waals surface area contributed by atoms with E-state index < -0.39 is 19.5 Å². The zero-order valence-corrected chi connectivity index (χ0v) is 19.0. The zero-order chi connectivity index (χ0) is 22.7. The molecule has 1 amide bonds. The van der Waals surface area contributed by atoms with E-state index in [-0.39, 0.29) is 18.9 Å². The summed E-state index contributed by atoms with van der Waals surface area (Å²) < 4.78 is 40.2. The van der Waals surface area contributed by atoms with E-state index in [1.54, 1.807) is 88.4 Å². The van der Waals surface area contributed by atoms with Gasteiger partial charge >= 0.3 is 13.9 Å². The van der Waals surface area contributed by atoms with Crippen molar-refractivity contribution in [1.82, 2.24) is 5.32 Å². The number of hydrogen-bond acceptors (Lipinski definition) is 7. The second-order valence-electron chi connectivity index (χ2n) is 7.38. The Bertz CT molecular complexity index is 850. The van der Waals surface area contributed by atoms with Crippen LogP contribution in [0.2, 0.25) is 0 Å². The normalized spacial score (nSPS) is 11.9. The fraction of sp³-hybridized carbons (Fsp3) is 0.318. The van der Waals surface area contributed by atoms with E-state index in [1.165, 1.54) is 6.26 Å². The Morgan fingerprint density at radius 3 is 1.97 bits per heavy atom. The number of hydrogen-bond donors (Lipinski definition) is 1. The summed E-state index contributed by atoms with van der Waals surface area (Å²) >= 11 is 0. The van der Waals surface area contributed by atoms with Gasteiger partial charge in [0.2, 0.25) is 0 Å². The number of carbonyl (C=O) groups excluding carboxylic acids is 1. The molecule has 0 saturated carbocycles. The Hall–Kier alpha value is -3.12. The highest BCUT2D eigenvalue weighted by atomic mass is 31.2. The molecule has 0 unspecified atom stereocenters. The number of alkyl carbamates (subject to hydrolysis) is 1. The fourth-order valence-electron chi connectivity index (χ4n) is 2.18. The van der Waals surface area contributed by atoms with Crippen molar-refractivity contribution < 1.29 is 32.4 Å². The molecule has 0 radical (unpaired) electrons. The monoisotopic (exact) mass is 449 g/mol. The molecule has 0 saturated heterocycles. The first-order chi connectivity index (χ1) is 14.7. The number of nitrogens with one attached hydrogen (secondary N) is 1. The van der Waals surface area contributed by atoms with E-state index in [0.717, 1.165) is 0 Å². The van der Waals surface area contributed by atoms with Crippen LogP contribution in [0.25, 0.3) is 0 Å². The summed E-state index contributed by atoms with van der Waals surface area (Å²) in [5.41, 5.74) is -0.575. The van der Waals surface area contributed by atoms with E-state index in [0.29, 0.717) is 11.5 Å². The van der Waals surface area contributed by atoms with Gasteiger partial charge < -0.3 is 28.4 Å². The lowest BCUT2D eigenvalue weighted by Gasteiger charge is -2.20. The molecule has 9 heteroatoms. The third-order valence-electron chi connectivity index (χ3n) is 3.31. The van der Waals surface area contributed by atoms with Crippen LogP contribution in [0.15, 0.2) is 72.7 Å². The molecule has 0 aliphatic carbocycles. The van der Waals surface area contributed by atoms with Gasteiger partial charge in [0.15, 0.2) is 0 Å². The number of phosphoric ester groups is 1. The lowest BCUT2D eigenvalue weighted by Crippen LogP contribution is -2.34. The lowest BCUT2D eigenvalue weighted by atomic mass is 10.2. The zero-order valence-electron chi connectivity index (χ0n) is 18.1. The van der Waals surface area contributed by atoms with Crippen molar-refractivity contribution in [3.8, 4) is 11.5 Å². The van der Waals surface area contributed by atoms with Crippen LogP contribution >= 0.6 is 7.82 Å². The highest BCUT2D eigenvalue weighted by Crippen LogP contribution is 2.51. The fourth-order valence-corrected chi connectivity index (χ4v) is 3.44. The molecule has 1 N–H and O–H groups in total. The molecule has 0 aliphatic heterocycles. The Morgan fingerprint density at radius 2 is 1.48 bits per heavy atom. The van der Waals surface area contributed by atoms with Crippen LogP contribution < -0.4 is 14.4 Å². The molecule has 168 valence electrons. The quantitative estimate of drug-likeness (QED) is 0.284. The topological polar surface area (TPSA) is 92.3 Å². The first-order valence-corrected chi connectivity index (χ1v) is 11.2. The Kier molecular flexibility index (Phi) is 8.82. The number of amides is 1. The molecule has 2 aromatic rings. The van der Waals surface area contributed by atoms with Crippen LogP contribution in [-0.4, -0.2) is 24.8 Å². The minimum atomic E-state index is -4.05. The molecule has 8 nitrogen and oxygen atoms in total. The molecule has 0 bridgehead atoms. The molecule has 0 aromatic heterocycles. The molecular formula is C22H28NO7P. The number of allylic oxidation sites excluding steroid dienone is 1. The van der Waals surface area contributed by atoms with Crippen LogP contribution in [0.4, 0.5) is 4.79 Å². The second-order valence-corrected chi connectivity index (χ2v) is 8.82. The van der Waals surface area contributed by atoms with E-state index in [2.05, 4.69) is 5.32 Å². The van der Waals surface area contributed by atoms with Crippen molar-refractivity contribution in [3.63, 3.8) is 0 Å². The highest BCUT2D eigenvalue weighted by molar-refractivity contribution is 7.49. The average molecular weight is 449 g/mol. The minimum absolute atomic E-state index is 0.156. The van der Waals surface area contributed by atoms with Gasteiger partial charge in [0.05, 0.1) is 6.54 Å². The van der Waals surface area contributed by atoms with Crippen molar-refractivity contribution in [2.24, 2.45) is 0 Å². The first-order valence-electron chi connectivity index (χ1n) is 9.69. The molecule has 31 heavy (non-hydrogen) atoms. The standard InChI is InChI=1S/C22H28NO7P/c1-18(17-26-16-15-23-21(24)27-22(2,3)4)28-31(25,29-19-11-7-5-8-12-19)30-20-13-9-6-10-14-20/h5-14,17H,15-16H2,1-4H3,(H,23,24)/b18-17+. The summed E-state index contributed by atoms with van der Waals surface area (Å²) in [6, 6.07) is 17.1. The van der Waals surface area contributed by atoms with Crippen molar-refractivity contribution in [2.45, 2.75) is 33.3 Å². The van der Waals surface area contributed by atoms with Crippen LogP contribution in [0, 0.1) is 0 Å². The molecular weight excluding hydrogens is 421 g/mol. The number of benzene rings is 2. The lowest BCUT2D eigenvalue weighted by molar-refractivity contribution is 0.0515. The summed E-state index contributed by atoms with van der Waals surface area (Å²) in [4.78, 5) is 11.6. The third-order valence-corrected chi connectivity index (χ3v) is 4.69. The van der Waals surface area contributed by atoms with Crippen molar-refractivity contribution in [1.29, 1.82) is 0 Å². The summed E-state index contributed by atoms with van der Waals surface area (Å²) in [5, 5.41) is 2.57. The van der Waals surface area contributed by atoms with Crippen molar-refractivity contribution >= 4 is 13.9 Å². The van der Waals surface area contributed by atoms with Crippen LogP contribution in [0.5, 0.6) is 11.5 Å². The van der Waals surface area contributed by atoms with Crippen molar-refractivity contribution in [3.05, 3.63) is 72.7 Å². The maximum atomic E-state index is 13.2. The Morgan fingerprint density at radius 1 is 0.968 bits per heavy atom. The SMILES string of the molecule is C/C(=C\OCCNC(=O)OC(C)(C)C)OP(=O)(Oc1ccccc1)Oc1ccccc1. The van der Waals surface area contributed by atoms with Gasteiger partial charge in [-0.05, 0) is 52.0 Å². The smallest absolute Gasteiger partial charge is 0.496 e. The maximum absolute atomic E-state index is 13.2. The van der Waals surface area contributed by atoms with E-state index in [4.69, 9.17) is 23.0 Å². The van der Waals surface area contributed by atoms with E-state index in [1.807, 2.05) is 0 Å². The van der Waals surface area contributed by atoms with E-state index >= 15 is 0 Å². The molecule has 0 spiro atoms. The number of para-hydroxylation sites is 2. The van der Waals surface area contributed by atoms with Crippen LogP contribution in [0.3, 0.4) is 0 Å². The molecule has 0 fully saturated rings. The van der Waals surface area contributed by atoms with Crippen LogP contribution in [-0.2, 0) is 18.6 Å².